The Hall–Kier alpha value is -2.36. The molecule has 0 saturated carbocycles. The van der Waals surface area contributed by atoms with Gasteiger partial charge in [0.25, 0.3) is 5.91 Å². The van der Waals surface area contributed by atoms with Gasteiger partial charge in [0.15, 0.2) is 0 Å². The Morgan fingerprint density at radius 2 is 1.29 bits per heavy atom. The third kappa shape index (κ3) is 12.8. The quantitative estimate of drug-likeness (QED) is 0.317. The lowest BCUT2D eigenvalue weighted by molar-refractivity contribution is -0.135. The molecule has 10 nitrogen and oxygen atoms in total. The summed E-state index contributed by atoms with van der Waals surface area (Å²) in [6.07, 6.45) is -1.58. The zero-order valence-corrected chi connectivity index (χ0v) is 20.0. The Bertz CT molecular complexity index is 615. The first-order valence-corrected chi connectivity index (χ1v) is 10.6. The Labute approximate surface area is 185 Å². The number of rotatable bonds is 11. The Balaban J connectivity index is 5.05. The van der Waals surface area contributed by atoms with E-state index < -0.39 is 41.7 Å². The number of carbonyl (C=O) groups is 4. The molecule has 0 radical (unpaired) electrons. The fraction of sp³-hybridized carbons (Fsp3) is 0.810. The molecule has 180 valence electrons. The second-order valence-electron chi connectivity index (χ2n) is 9.39. The van der Waals surface area contributed by atoms with Crippen LogP contribution in [0.2, 0.25) is 0 Å². The predicted molar refractivity (Wildman–Crippen MR) is 117 cm³/mol. The molecule has 0 aliphatic rings. The molecule has 0 spiro atoms. The molecule has 0 heterocycles. The van der Waals surface area contributed by atoms with Gasteiger partial charge in [-0.25, -0.2) is 4.79 Å². The number of amides is 4. The number of hydrogen-bond donors (Lipinski definition) is 5. The van der Waals surface area contributed by atoms with E-state index in [2.05, 4.69) is 21.3 Å². The summed E-state index contributed by atoms with van der Waals surface area (Å²) >= 11 is 0. The van der Waals surface area contributed by atoms with Crippen LogP contribution in [-0.2, 0) is 19.1 Å². The van der Waals surface area contributed by atoms with Crippen molar-refractivity contribution in [1.82, 2.24) is 21.3 Å². The molecular formula is C21H40N4O6. The van der Waals surface area contributed by atoms with Crippen molar-refractivity contribution >= 4 is 23.8 Å². The maximum Gasteiger partial charge on any atom is 0.407 e. The Kier molecular flexibility index (Phi) is 12.1. The van der Waals surface area contributed by atoms with Crippen LogP contribution in [-0.4, -0.2) is 66.3 Å². The molecule has 0 rings (SSSR count). The third-order valence-corrected chi connectivity index (χ3v) is 4.07. The molecule has 0 aromatic rings. The summed E-state index contributed by atoms with van der Waals surface area (Å²) in [5.41, 5.74) is -0.713. The zero-order chi connectivity index (χ0) is 24.4. The Morgan fingerprint density at radius 1 is 0.839 bits per heavy atom. The second kappa shape index (κ2) is 13.1. The van der Waals surface area contributed by atoms with Gasteiger partial charge >= 0.3 is 6.09 Å². The highest BCUT2D eigenvalue weighted by molar-refractivity contribution is 5.92. The molecule has 0 bridgehead atoms. The summed E-state index contributed by atoms with van der Waals surface area (Å²) < 4.78 is 5.05. The predicted octanol–water partition coefficient (Wildman–Crippen LogP) is 0.680. The number of hydrogen-bond acceptors (Lipinski definition) is 6. The molecule has 4 amide bonds. The summed E-state index contributed by atoms with van der Waals surface area (Å²) in [5, 5.41) is 20.1. The molecular weight excluding hydrogens is 404 g/mol. The molecule has 10 heteroatoms. The average molecular weight is 445 g/mol. The minimum Gasteiger partial charge on any atom is -0.444 e. The van der Waals surface area contributed by atoms with E-state index in [1.54, 1.807) is 20.8 Å². The van der Waals surface area contributed by atoms with Crippen molar-refractivity contribution in [2.75, 3.05) is 13.6 Å². The maximum absolute atomic E-state index is 12.8. The molecule has 0 saturated heterocycles. The molecule has 0 fully saturated rings. The van der Waals surface area contributed by atoms with Gasteiger partial charge in [-0.15, -0.1) is 0 Å². The van der Waals surface area contributed by atoms with Gasteiger partial charge in [-0.05, 0) is 45.4 Å². The van der Waals surface area contributed by atoms with E-state index in [4.69, 9.17) is 4.74 Å². The van der Waals surface area contributed by atoms with Gasteiger partial charge in [-0.2, -0.15) is 0 Å². The molecule has 31 heavy (non-hydrogen) atoms. The summed E-state index contributed by atoms with van der Waals surface area (Å²) in [7, 11) is 1.49. The lowest BCUT2D eigenvalue weighted by Gasteiger charge is -2.25. The van der Waals surface area contributed by atoms with Gasteiger partial charge in [0.05, 0.1) is 6.54 Å². The van der Waals surface area contributed by atoms with Gasteiger partial charge < -0.3 is 31.1 Å². The van der Waals surface area contributed by atoms with Gasteiger partial charge in [0.2, 0.25) is 11.8 Å². The standard InChI is InChI=1S/C21H40N4O6/c1-12(2)9-14(17(27)22-8)24-18(28)15(10-13(3)4)25-19(29)16(26)11-23-20(30)31-21(5,6)7/h12-16,26H,9-11H2,1-8H3,(H,22,27)(H,23,30)(H,24,28)(H,25,29)/t14-,15-,16?/m0/s1. The van der Waals surface area contributed by atoms with Crippen LogP contribution in [0.25, 0.3) is 0 Å². The van der Waals surface area contributed by atoms with E-state index in [9.17, 15) is 24.3 Å². The van der Waals surface area contributed by atoms with Crippen LogP contribution >= 0.6 is 0 Å². The van der Waals surface area contributed by atoms with Crippen LogP contribution in [0.3, 0.4) is 0 Å². The summed E-state index contributed by atoms with van der Waals surface area (Å²) in [4.78, 5) is 49.0. The van der Waals surface area contributed by atoms with Crippen molar-refractivity contribution in [3.63, 3.8) is 0 Å². The summed E-state index contributed by atoms with van der Waals surface area (Å²) in [6, 6.07) is -1.68. The van der Waals surface area contributed by atoms with Crippen LogP contribution in [0.5, 0.6) is 0 Å². The number of aliphatic hydroxyl groups is 1. The first-order chi connectivity index (χ1) is 14.2. The Morgan fingerprint density at radius 3 is 1.71 bits per heavy atom. The SMILES string of the molecule is CNC(=O)[C@H](CC(C)C)NC(=O)[C@H](CC(C)C)NC(=O)C(O)CNC(=O)OC(C)(C)C. The van der Waals surface area contributed by atoms with Crippen molar-refractivity contribution in [2.24, 2.45) is 11.8 Å². The van der Waals surface area contributed by atoms with Crippen LogP contribution in [0, 0.1) is 11.8 Å². The molecule has 0 aliphatic carbocycles. The van der Waals surface area contributed by atoms with Crippen molar-refractivity contribution in [2.45, 2.75) is 85.1 Å². The van der Waals surface area contributed by atoms with E-state index >= 15 is 0 Å². The van der Waals surface area contributed by atoms with Crippen LogP contribution in [0.1, 0.15) is 61.3 Å². The van der Waals surface area contributed by atoms with Crippen LogP contribution < -0.4 is 21.3 Å². The van der Waals surface area contributed by atoms with E-state index in [0.717, 1.165) is 0 Å². The number of aliphatic hydroxyl groups excluding tert-OH is 1. The summed E-state index contributed by atoms with van der Waals surface area (Å²) in [6.45, 7) is 12.3. The van der Waals surface area contributed by atoms with E-state index in [-0.39, 0.29) is 24.3 Å². The fourth-order valence-corrected chi connectivity index (χ4v) is 2.71. The molecule has 0 aromatic heterocycles. The highest BCUT2D eigenvalue weighted by Crippen LogP contribution is 2.09. The highest BCUT2D eigenvalue weighted by Gasteiger charge is 2.29. The normalized spacial score (nSPS) is 14.4. The number of nitrogens with one attached hydrogen (secondary N) is 4. The van der Waals surface area contributed by atoms with Crippen molar-refractivity contribution in [3.05, 3.63) is 0 Å². The second-order valence-corrected chi connectivity index (χ2v) is 9.39. The number of likely N-dealkylation sites (N-methyl/N-ethyl adjacent to an activating group) is 1. The smallest absolute Gasteiger partial charge is 0.407 e. The van der Waals surface area contributed by atoms with Crippen molar-refractivity contribution in [3.8, 4) is 0 Å². The van der Waals surface area contributed by atoms with Gasteiger partial charge in [-0.3, -0.25) is 14.4 Å². The van der Waals surface area contributed by atoms with Crippen LogP contribution in [0.4, 0.5) is 4.79 Å². The lowest BCUT2D eigenvalue weighted by atomic mass is 10.00. The third-order valence-electron chi connectivity index (χ3n) is 4.07. The van der Waals surface area contributed by atoms with Gasteiger partial charge in [-0.1, -0.05) is 27.7 Å². The minimum atomic E-state index is -1.57. The zero-order valence-electron chi connectivity index (χ0n) is 20.0. The molecule has 5 N–H and O–H groups in total. The van der Waals surface area contributed by atoms with Crippen molar-refractivity contribution < 1.29 is 29.0 Å². The molecule has 3 atom stereocenters. The highest BCUT2D eigenvalue weighted by atomic mass is 16.6. The fourth-order valence-electron chi connectivity index (χ4n) is 2.71. The first-order valence-electron chi connectivity index (χ1n) is 10.6. The maximum atomic E-state index is 12.8. The van der Waals surface area contributed by atoms with E-state index in [1.807, 2.05) is 27.7 Å². The van der Waals surface area contributed by atoms with E-state index in [0.29, 0.717) is 12.8 Å². The van der Waals surface area contributed by atoms with Crippen molar-refractivity contribution in [1.29, 1.82) is 0 Å². The van der Waals surface area contributed by atoms with Gasteiger partial charge in [0, 0.05) is 7.05 Å². The number of alkyl carbamates (subject to hydrolysis) is 1. The summed E-state index contributed by atoms with van der Waals surface area (Å²) in [5.74, 6) is -1.41. The minimum absolute atomic E-state index is 0.0663. The first kappa shape index (κ1) is 28.6. The lowest BCUT2D eigenvalue weighted by Crippen LogP contribution is -2.56. The number of ether oxygens (including phenoxy) is 1. The van der Waals surface area contributed by atoms with E-state index in [1.165, 1.54) is 7.05 Å². The molecule has 0 aromatic carbocycles. The number of carbonyl (C=O) groups excluding carboxylic acids is 4. The largest absolute Gasteiger partial charge is 0.444 e. The van der Waals surface area contributed by atoms with Gasteiger partial charge in [0.1, 0.15) is 23.8 Å². The monoisotopic (exact) mass is 444 g/mol. The van der Waals surface area contributed by atoms with Crippen LogP contribution in [0.15, 0.2) is 0 Å². The topological polar surface area (TPSA) is 146 Å². The molecule has 0 aliphatic heterocycles. The molecule has 1 unspecified atom stereocenters. The average Bonchev–Trinajstić information content (AvgIpc) is 2.61.